The van der Waals surface area contributed by atoms with Gasteiger partial charge < -0.3 is 27.1 Å². The molecule has 0 unspecified atom stereocenters. The van der Waals surface area contributed by atoms with Gasteiger partial charge in [-0.25, -0.2) is 0 Å². The van der Waals surface area contributed by atoms with Crippen LogP contribution in [-0.4, -0.2) is 35.1 Å². The van der Waals surface area contributed by atoms with Crippen LogP contribution in [0.25, 0.3) is 0 Å². The summed E-state index contributed by atoms with van der Waals surface area (Å²) in [6.07, 6.45) is 5.51. The molecule has 4 heterocycles. The van der Waals surface area contributed by atoms with E-state index in [9.17, 15) is 28.8 Å². The first-order chi connectivity index (χ1) is 30.0. The lowest BCUT2D eigenvalue weighted by Gasteiger charge is -2.49. The molecule has 0 aliphatic heterocycles. The zero-order valence-corrected chi connectivity index (χ0v) is 33.1. The first-order valence-corrected chi connectivity index (χ1v) is 19.2. The number of ketones is 4. The Hall–Kier alpha value is -8.38. The zero-order valence-electron chi connectivity index (χ0n) is 33.1. The fraction of sp³-hybridized carbons (Fsp3) is 0.0800. The molecule has 0 aliphatic rings. The van der Waals surface area contributed by atoms with Crippen LogP contribution >= 0.6 is 0 Å². The van der Waals surface area contributed by atoms with Crippen LogP contribution in [0.2, 0.25) is 0 Å². The second kappa shape index (κ2) is 16.7. The normalized spacial score (nSPS) is 11.5. The third kappa shape index (κ3) is 7.30. The average molecular weight is 827 g/mol. The first-order valence-electron chi connectivity index (χ1n) is 19.2. The van der Waals surface area contributed by atoms with E-state index in [1.165, 1.54) is 112 Å². The Balaban J connectivity index is 1.42. The van der Waals surface area contributed by atoms with Gasteiger partial charge in [0, 0.05) is 58.4 Å². The number of ether oxygens (including phenoxy) is 2. The maximum atomic E-state index is 13.8. The van der Waals surface area contributed by atoms with Crippen molar-refractivity contribution in [3.63, 3.8) is 0 Å². The highest BCUT2D eigenvalue weighted by molar-refractivity contribution is 6.09. The van der Waals surface area contributed by atoms with Gasteiger partial charge in [0.15, 0.2) is 23.0 Å². The summed E-state index contributed by atoms with van der Waals surface area (Å²) in [5, 5.41) is 0. The van der Waals surface area contributed by atoms with Crippen LogP contribution in [0.3, 0.4) is 0 Å². The Bertz CT molecular complexity index is 2480. The predicted molar refractivity (Wildman–Crippen MR) is 219 cm³/mol. The minimum absolute atomic E-state index is 0.0865. The van der Waals surface area contributed by atoms with E-state index in [2.05, 4.69) is 0 Å². The molecule has 0 saturated heterocycles. The SMILES string of the molecule is CC(=O)OC(c1ccc(C(=O)c2ccco2)cc1)(c1ccc(C(=O)c2ccco2)cc1)C(OC(C)=O)(c1ccc(C(=O)c2ccco2)cc1)c1ccc(C(=O)c2ccco2)cc1. The molecule has 0 fully saturated rings. The standard InChI is InChI=1S/C50H34O12/c1-31(51)61-49(37-19-11-33(12-20-37)45(53)41-7-3-27-57-41,38-21-13-34(14-22-38)46(54)42-8-4-28-58-42)50(62-32(2)52,39-23-15-35(16-24-39)47(55)43-9-5-29-59-43)40-25-17-36(18-26-40)48(56)44-10-6-30-60-44/h3-30H,1-2H3. The molecule has 0 radical (unpaired) electrons. The highest BCUT2D eigenvalue weighted by atomic mass is 16.6. The molecule has 12 nitrogen and oxygen atoms in total. The highest BCUT2D eigenvalue weighted by Gasteiger charge is 2.62. The summed E-state index contributed by atoms with van der Waals surface area (Å²) in [6.45, 7) is 2.38. The van der Waals surface area contributed by atoms with Crippen molar-refractivity contribution in [3.05, 3.63) is 238 Å². The molecule has 12 heteroatoms. The quantitative estimate of drug-likeness (QED) is 0.0709. The van der Waals surface area contributed by atoms with Crippen LogP contribution < -0.4 is 0 Å². The van der Waals surface area contributed by atoms with Gasteiger partial charge in [-0.15, -0.1) is 0 Å². The van der Waals surface area contributed by atoms with Crippen molar-refractivity contribution < 1.29 is 55.9 Å². The molecule has 8 rings (SSSR count). The van der Waals surface area contributed by atoms with Gasteiger partial charge in [0.05, 0.1) is 25.1 Å². The average Bonchev–Trinajstić information content (AvgIpc) is 4.16. The number of carbonyl (C=O) groups excluding carboxylic acids is 6. The van der Waals surface area contributed by atoms with Crippen molar-refractivity contribution in [2.75, 3.05) is 0 Å². The molecule has 62 heavy (non-hydrogen) atoms. The third-order valence-electron chi connectivity index (χ3n) is 10.3. The molecule has 0 amide bonds. The van der Waals surface area contributed by atoms with E-state index < -0.39 is 46.3 Å². The van der Waals surface area contributed by atoms with Gasteiger partial charge in [-0.05, 0) is 48.5 Å². The number of carbonyl (C=O) groups is 6. The van der Waals surface area contributed by atoms with Crippen LogP contribution in [0, 0.1) is 0 Å². The Kier molecular flexibility index (Phi) is 10.9. The second-order valence-corrected chi connectivity index (χ2v) is 14.1. The molecule has 0 spiro atoms. The van der Waals surface area contributed by atoms with E-state index >= 15 is 0 Å². The van der Waals surface area contributed by atoms with Crippen LogP contribution in [0.15, 0.2) is 188 Å². The fourth-order valence-corrected chi connectivity index (χ4v) is 7.58. The zero-order chi connectivity index (χ0) is 43.4. The van der Waals surface area contributed by atoms with Gasteiger partial charge in [-0.1, -0.05) is 97.1 Å². The van der Waals surface area contributed by atoms with E-state index in [0.29, 0.717) is 0 Å². The Morgan fingerprint density at radius 2 is 0.548 bits per heavy atom. The summed E-state index contributed by atoms with van der Waals surface area (Å²) in [5.41, 5.74) is -2.69. The van der Waals surface area contributed by atoms with Gasteiger partial charge in [-0.3, -0.25) is 28.8 Å². The molecule has 0 N–H and O–H groups in total. The topological polar surface area (TPSA) is 173 Å². The Morgan fingerprint density at radius 1 is 0.339 bits per heavy atom. The molecule has 306 valence electrons. The van der Waals surface area contributed by atoms with Crippen LogP contribution in [0.5, 0.6) is 0 Å². The smallest absolute Gasteiger partial charge is 0.304 e. The monoisotopic (exact) mass is 826 g/mol. The van der Waals surface area contributed by atoms with E-state index in [4.69, 9.17) is 27.1 Å². The predicted octanol–water partition coefficient (Wildman–Crippen LogP) is 9.30. The van der Waals surface area contributed by atoms with E-state index in [-0.39, 0.29) is 67.5 Å². The Morgan fingerprint density at radius 3 is 0.710 bits per heavy atom. The lowest BCUT2D eigenvalue weighted by molar-refractivity contribution is -0.199. The molecule has 0 aliphatic carbocycles. The lowest BCUT2D eigenvalue weighted by Crippen LogP contribution is -2.56. The summed E-state index contributed by atoms with van der Waals surface area (Å²) in [6, 6.07) is 37.0. The molecular weight excluding hydrogens is 793 g/mol. The molecular formula is C50H34O12. The van der Waals surface area contributed by atoms with Crippen molar-refractivity contribution >= 4 is 35.1 Å². The number of hydrogen-bond acceptors (Lipinski definition) is 12. The van der Waals surface area contributed by atoms with E-state index in [1.807, 2.05) is 0 Å². The maximum absolute atomic E-state index is 13.8. The maximum Gasteiger partial charge on any atom is 0.304 e. The highest BCUT2D eigenvalue weighted by Crippen LogP contribution is 2.55. The second-order valence-electron chi connectivity index (χ2n) is 14.1. The van der Waals surface area contributed by atoms with Crippen molar-refractivity contribution in [1.29, 1.82) is 0 Å². The first kappa shape index (κ1) is 40.4. The molecule has 4 aromatic heterocycles. The summed E-state index contributed by atoms with van der Waals surface area (Å²) in [7, 11) is 0. The largest absolute Gasteiger partial charge is 0.461 e. The van der Waals surface area contributed by atoms with Crippen molar-refractivity contribution in [1.82, 2.24) is 0 Å². The summed E-state index contributed by atoms with van der Waals surface area (Å²) in [4.78, 5) is 81.6. The van der Waals surface area contributed by atoms with Gasteiger partial charge >= 0.3 is 11.9 Å². The van der Waals surface area contributed by atoms with E-state index in [0.717, 1.165) is 0 Å². The molecule has 0 saturated carbocycles. The van der Waals surface area contributed by atoms with Gasteiger partial charge in [0.25, 0.3) is 0 Å². The molecule has 8 aromatic rings. The summed E-state index contributed by atoms with van der Waals surface area (Å²) in [5.74, 6) is -3.01. The summed E-state index contributed by atoms with van der Waals surface area (Å²) >= 11 is 0. The van der Waals surface area contributed by atoms with Crippen molar-refractivity contribution in [2.24, 2.45) is 0 Å². The molecule has 4 aromatic carbocycles. The van der Waals surface area contributed by atoms with Gasteiger partial charge in [0.1, 0.15) is 0 Å². The minimum Gasteiger partial charge on any atom is -0.461 e. The lowest BCUT2D eigenvalue weighted by atomic mass is 9.65. The van der Waals surface area contributed by atoms with Crippen molar-refractivity contribution in [3.8, 4) is 0 Å². The molecule has 0 bridgehead atoms. The van der Waals surface area contributed by atoms with E-state index in [1.54, 1.807) is 72.8 Å². The van der Waals surface area contributed by atoms with Gasteiger partial charge in [0.2, 0.25) is 34.3 Å². The number of hydrogen-bond donors (Lipinski definition) is 0. The third-order valence-corrected chi connectivity index (χ3v) is 10.3. The van der Waals surface area contributed by atoms with Crippen molar-refractivity contribution in [2.45, 2.75) is 25.0 Å². The number of benzene rings is 4. The number of esters is 2. The van der Waals surface area contributed by atoms with Crippen LogP contribution in [-0.2, 0) is 30.3 Å². The fourth-order valence-electron chi connectivity index (χ4n) is 7.58. The van der Waals surface area contributed by atoms with Crippen LogP contribution in [0.1, 0.15) is 101 Å². The summed E-state index contributed by atoms with van der Waals surface area (Å²) < 4.78 is 34.7. The van der Waals surface area contributed by atoms with Gasteiger partial charge in [-0.2, -0.15) is 0 Å². The molecule has 0 atom stereocenters. The van der Waals surface area contributed by atoms with Crippen LogP contribution in [0.4, 0.5) is 0 Å². The number of furan rings is 4. The minimum atomic E-state index is -2.21. The Labute approximate surface area is 353 Å². The number of rotatable bonds is 15.